The molecule has 0 spiro atoms. The van der Waals surface area contributed by atoms with Gasteiger partial charge in [0, 0.05) is 24.1 Å². The van der Waals surface area contributed by atoms with Gasteiger partial charge in [0.1, 0.15) is 5.75 Å². The Labute approximate surface area is 176 Å². The van der Waals surface area contributed by atoms with Gasteiger partial charge in [-0.05, 0) is 35.2 Å². The molecule has 0 amide bonds. The Kier molecular flexibility index (Phi) is 5.44. The fourth-order valence-electron chi connectivity index (χ4n) is 4.04. The maximum Gasteiger partial charge on any atom is 0.337 e. The molecule has 1 aliphatic heterocycles. The van der Waals surface area contributed by atoms with E-state index in [4.69, 9.17) is 4.74 Å². The Morgan fingerprint density at radius 1 is 1.17 bits per heavy atom. The summed E-state index contributed by atoms with van der Waals surface area (Å²) in [6.45, 7) is 5.72. The van der Waals surface area contributed by atoms with E-state index in [0.717, 1.165) is 17.7 Å². The van der Waals surface area contributed by atoms with E-state index in [9.17, 15) is 9.90 Å². The van der Waals surface area contributed by atoms with Gasteiger partial charge in [-0.1, -0.05) is 56.3 Å². The van der Waals surface area contributed by atoms with Crippen molar-refractivity contribution in [3.8, 4) is 5.75 Å². The summed E-state index contributed by atoms with van der Waals surface area (Å²) < 4.78 is 6.01. The molecule has 0 unspecified atom stereocenters. The Morgan fingerprint density at radius 3 is 2.73 bits per heavy atom. The smallest absolute Gasteiger partial charge is 0.337 e. The molecule has 1 aliphatic rings. The Balaban J connectivity index is 1.56. The molecule has 5 heteroatoms. The van der Waals surface area contributed by atoms with Crippen molar-refractivity contribution in [1.29, 1.82) is 0 Å². The number of aromatic nitrogens is 1. The lowest BCUT2D eigenvalue weighted by molar-refractivity contribution is 0.0697. The number of anilines is 1. The quantitative estimate of drug-likeness (QED) is 0.601. The first-order valence-corrected chi connectivity index (χ1v) is 10.2. The van der Waals surface area contributed by atoms with Crippen LogP contribution in [0.5, 0.6) is 5.75 Å². The molecule has 3 aromatic rings. The largest absolute Gasteiger partial charge is 0.493 e. The molecule has 1 atom stereocenters. The second-order valence-corrected chi connectivity index (χ2v) is 8.19. The van der Waals surface area contributed by atoms with Crippen molar-refractivity contribution in [3.05, 3.63) is 89.2 Å². The summed E-state index contributed by atoms with van der Waals surface area (Å²) in [5.74, 6) is 0.198. The topological polar surface area (TPSA) is 71.5 Å². The Hall–Kier alpha value is -3.34. The van der Waals surface area contributed by atoms with Crippen LogP contribution in [0.1, 0.15) is 53.2 Å². The second-order valence-electron chi connectivity index (χ2n) is 8.19. The van der Waals surface area contributed by atoms with Crippen LogP contribution in [0.4, 0.5) is 5.69 Å². The number of benzene rings is 2. The van der Waals surface area contributed by atoms with E-state index in [0.29, 0.717) is 18.8 Å². The van der Waals surface area contributed by atoms with Crippen LogP contribution in [0.3, 0.4) is 0 Å². The van der Waals surface area contributed by atoms with E-state index in [-0.39, 0.29) is 16.9 Å². The zero-order valence-electron chi connectivity index (χ0n) is 17.3. The summed E-state index contributed by atoms with van der Waals surface area (Å²) in [6, 6.07) is 18.5. The highest BCUT2D eigenvalue weighted by Crippen LogP contribution is 2.39. The van der Waals surface area contributed by atoms with Crippen LogP contribution in [0.25, 0.3) is 0 Å². The molecule has 1 aromatic heterocycles. The minimum Gasteiger partial charge on any atom is -0.493 e. The Bertz CT molecular complexity index is 1050. The number of hydrogen-bond donors (Lipinski definition) is 2. The molecular formula is C25H26N2O3. The number of nitrogens with one attached hydrogen (secondary N) is 1. The lowest BCUT2D eigenvalue weighted by Gasteiger charge is -2.31. The summed E-state index contributed by atoms with van der Waals surface area (Å²) in [5, 5.41) is 12.7. The number of ether oxygens (including phenoxy) is 1. The van der Waals surface area contributed by atoms with E-state index < -0.39 is 5.97 Å². The van der Waals surface area contributed by atoms with Crippen molar-refractivity contribution >= 4 is 11.7 Å². The van der Waals surface area contributed by atoms with Crippen molar-refractivity contribution < 1.29 is 14.6 Å². The van der Waals surface area contributed by atoms with Gasteiger partial charge in [-0.25, -0.2) is 4.79 Å². The first kappa shape index (κ1) is 20.0. The number of hydrogen-bond acceptors (Lipinski definition) is 4. The van der Waals surface area contributed by atoms with Gasteiger partial charge in [0.25, 0.3) is 0 Å². The molecule has 30 heavy (non-hydrogen) atoms. The third-order valence-electron chi connectivity index (χ3n) is 5.98. The molecule has 4 rings (SSSR count). The van der Waals surface area contributed by atoms with Crippen LogP contribution >= 0.6 is 0 Å². The molecule has 0 fully saturated rings. The number of fused-ring (bicyclic) bond motifs is 1. The Morgan fingerprint density at radius 2 is 1.97 bits per heavy atom. The van der Waals surface area contributed by atoms with Gasteiger partial charge in [0.2, 0.25) is 0 Å². The molecule has 2 aromatic carbocycles. The predicted octanol–water partition coefficient (Wildman–Crippen LogP) is 5.08. The summed E-state index contributed by atoms with van der Waals surface area (Å²) in [4.78, 5) is 15.5. The van der Waals surface area contributed by atoms with Crippen LogP contribution < -0.4 is 10.1 Å². The lowest BCUT2D eigenvalue weighted by Crippen LogP contribution is -2.23. The van der Waals surface area contributed by atoms with E-state index in [1.807, 2.05) is 6.07 Å². The van der Waals surface area contributed by atoms with Gasteiger partial charge in [-0.3, -0.25) is 4.98 Å². The third-order valence-corrected chi connectivity index (χ3v) is 5.98. The zero-order chi connectivity index (χ0) is 21.1. The fourth-order valence-corrected chi connectivity index (χ4v) is 4.04. The highest BCUT2D eigenvalue weighted by Gasteiger charge is 2.27. The molecule has 2 N–H and O–H groups in total. The maximum atomic E-state index is 11.4. The normalized spacial score (nSPS) is 15.7. The number of rotatable bonds is 6. The molecule has 154 valence electrons. The van der Waals surface area contributed by atoms with Gasteiger partial charge in [-0.2, -0.15) is 0 Å². The molecular weight excluding hydrogens is 376 g/mol. The van der Waals surface area contributed by atoms with Crippen LogP contribution in [-0.4, -0.2) is 29.2 Å². The van der Waals surface area contributed by atoms with Crippen LogP contribution in [0, 0.1) is 0 Å². The zero-order valence-corrected chi connectivity index (χ0v) is 17.3. The van der Waals surface area contributed by atoms with Crippen LogP contribution in [0.2, 0.25) is 0 Å². The average Bonchev–Trinajstić information content (AvgIpc) is 2.78. The first-order valence-electron chi connectivity index (χ1n) is 10.2. The summed E-state index contributed by atoms with van der Waals surface area (Å²) >= 11 is 0. The van der Waals surface area contributed by atoms with Crippen molar-refractivity contribution in [1.82, 2.24) is 4.98 Å². The van der Waals surface area contributed by atoms with Gasteiger partial charge >= 0.3 is 5.97 Å². The SMILES string of the molecule is CC(C)(c1ccccc1)c1ccc2c(c1)OCC[C@H]2CNc1cnccc1C(=O)O. The van der Waals surface area contributed by atoms with Gasteiger partial charge < -0.3 is 15.2 Å². The monoisotopic (exact) mass is 402 g/mol. The lowest BCUT2D eigenvalue weighted by atomic mass is 9.77. The summed E-state index contributed by atoms with van der Waals surface area (Å²) in [5.41, 5.74) is 4.27. The van der Waals surface area contributed by atoms with Gasteiger partial charge in [0.05, 0.1) is 24.1 Å². The molecule has 0 saturated heterocycles. The highest BCUT2D eigenvalue weighted by atomic mass is 16.5. The highest BCUT2D eigenvalue weighted by molar-refractivity contribution is 5.93. The van der Waals surface area contributed by atoms with Crippen molar-refractivity contribution in [2.24, 2.45) is 0 Å². The van der Waals surface area contributed by atoms with Crippen LogP contribution in [0.15, 0.2) is 67.0 Å². The number of carbonyl (C=O) groups is 1. The number of carboxylic acids is 1. The fraction of sp³-hybridized carbons (Fsp3) is 0.280. The average molecular weight is 402 g/mol. The second kappa shape index (κ2) is 8.19. The summed E-state index contributed by atoms with van der Waals surface area (Å²) in [6.07, 6.45) is 3.94. The number of pyridine rings is 1. The minimum atomic E-state index is -0.958. The van der Waals surface area contributed by atoms with Crippen LogP contribution in [-0.2, 0) is 5.41 Å². The van der Waals surface area contributed by atoms with Crippen molar-refractivity contribution in [2.45, 2.75) is 31.6 Å². The third kappa shape index (κ3) is 3.88. The predicted molar refractivity (Wildman–Crippen MR) is 118 cm³/mol. The van der Waals surface area contributed by atoms with E-state index in [1.54, 1.807) is 6.20 Å². The number of nitrogens with zero attached hydrogens (tertiary/aromatic N) is 1. The first-order chi connectivity index (χ1) is 14.5. The maximum absolute atomic E-state index is 11.4. The van der Waals surface area contributed by atoms with Crippen molar-refractivity contribution in [3.63, 3.8) is 0 Å². The summed E-state index contributed by atoms with van der Waals surface area (Å²) in [7, 11) is 0. The standard InChI is InChI=1S/C25H26N2O3/c1-25(2,18-6-4-3-5-7-18)19-8-9-20-17(11-13-30-23(20)14-19)15-27-22-16-26-12-10-21(22)24(28)29/h3-10,12,14,16-17,27H,11,13,15H2,1-2H3,(H,28,29)/t17-/m0/s1. The molecule has 0 aliphatic carbocycles. The molecule has 0 bridgehead atoms. The van der Waals surface area contributed by atoms with Gasteiger partial charge in [-0.15, -0.1) is 0 Å². The van der Waals surface area contributed by atoms with Crippen molar-refractivity contribution in [2.75, 3.05) is 18.5 Å². The number of carboxylic acid groups (broad SMARTS) is 1. The molecule has 5 nitrogen and oxygen atoms in total. The van der Waals surface area contributed by atoms with Gasteiger partial charge in [0.15, 0.2) is 0 Å². The minimum absolute atomic E-state index is 0.128. The number of aromatic carboxylic acids is 1. The molecule has 2 heterocycles. The van der Waals surface area contributed by atoms with E-state index in [2.05, 4.69) is 66.6 Å². The molecule has 0 saturated carbocycles. The molecule has 0 radical (unpaired) electrons. The van der Waals surface area contributed by atoms with E-state index >= 15 is 0 Å². The van der Waals surface area contributed by atoms with E-state index in [1.165, 1.54) is 23.4 Å².